The predicted molar refractivity (Wildman–Crippen MR) is 321 cm³/mol. The highest BCUT2D eigenvalue weighted by molar-refractivity contribution is 5.99. The van der Waals surface area contributed by atoms with Crippen molar-refractivity contribution in [1.29, 1.82) is 0 Å². The summed E-state index contributed by atoms with van der Waals surface area (Å²) in [5, 5.41) is 36.3. The highest BCUT2D eigenvalue weighted by Gasteiger charge is 2.39. The van der Waals surface area contributed by atoms with E-state index in [9.17, 15) is 48.3 Å². The molecule has 0 saturated carbocycles. The second kappa shape index (κ2) is 34.3. The van der Waals surface area contributed by atoms with Gasteiger partial charge in [0, 0.05) is 36.5 Å². The zero-order valence-corrected chi connectivity index (χ0v) is 48.6. The van der Waals surface area contributed by atoms with E-state index in [2.05, 4.69) is 59.8 Å². The summed E-state index contributed by atoms with van der Waals surface area (Å²) >= 11 is 0. The first-order chi connectivity index (χ1) is 41.0. The molecule has 1 aliphatic carbocycles. The summed E-state index contributed by atoms with van der Waals surface area (Å²) in [6.07, 6.45) is 5.45. The molecule has 1 aliphatic heterocycles. The number of aromatic nitrogens is 1. The lowest BCUT2D eigenvalue weighted by Gasteiger charge is -2.30. The third kappa shape index (κ3) is 20.2. The van der Waals surface area contributed by atoms with Crippen LogP contribution in [0, 0.1) is 5.92 Å². The topological polar surface area (TPSA) is 402 Å². The summed E-state index contributed by atoms with van der Waals surface area (Å²) in [5.74, 6) is -7.50. The number of carbonyl (C=O) groups excluding carboxylic acids is 9. The molecular formula is C61H88N14O10. The molecule has 0 bridgehead atoms. The molecule has 1 unspecified atom stereocenters. The first-order valence-electron chi connectivity index (χ1n) is 29.9. The number of H-pyrrole nitrogens is 1. The standard InChI is InChI=1S/C61H88N14O10/c1-2-3-4-5-9-18-42(76)35-52(77)68-45(21-26-62)55(79)71-49-25-30-66-54(78)51(34-41-36-67-44-20-13-12-19-43(41)44)74-58(82)47(23-28-64)69-56(80)48(24-29-65)72-61(85)53(40-32-38-16-10-11-17-39(38)33-40)75-60(84)50(31-37-14-7-6-8-15-37)73-57(81)46(22-27-63)70-59(49)83/h6-8,10-17,19-20,36,40,42,45-51,53,67,76H,2-5,9,18,21-35,62-65H2,1H3,(H,66,78)(H,68,77)(H,69,80)(H,70,83)(H,71,79)(H,72,85)(H,73,81)(H,74,82)(H,75,84)/t42-,45-,46+,47+,48+,49+,50-,51+,53?/m1/s1. The van der Waals surface area contributed by atoms with Crippen molar-refractivity contribution in [3.8, 4) is 0 Å². The first-order valence-corrected chi connectivity index (χ1v) is 29.9. The van der Waals surface area contributed by atoms with Crippen LogP contribution in [0.5, 0.6) is 0 Å². The Balaban J connectivity index is 1.37. The number of hydrogen-bond donors (Lipinski definition) is 15. The Labute approximate surface area is 496 Å². The minimum absolute atomic E-state index is 0.0604. The molecule has 9 amide bonds. The quantitative estimate of drug-likeness (QED) is 0.0385. The van der Waals surface area contributed by atoms with Crippen molar-refractivity contribution in [2.45, 2.75) is 164 Å². The average molecular weight is 1180 g/mol. The highest BCUT2D eigenvalue weighted by Crippen LogP contribution is 2.29. The number of para-hydroxylation sites is 1. The molecule has 24 heteroatoms. The van der Waals surface area contributed by atoms with Gasteiger partial charge in [-0.05, 0) is 112 Å². The number of aliphatic hydroxyl groups excluding tert-OH is 1. The van der Waals surface area contributed by atoms with Crippen molar-refractivity contribution in [1.82, 2.24) is 52.8 Å². The molecule has 1 aromatic heterocycles. The number of hydrogen-bond acceptors (Lipinski definition) is 14. The van der Waals surface area contributed by atoms with Gasteiger partial charge in [-0.2, -0.15) is 0 Å². The zero-order valence-electron chi connectivity index (χ0n) is 48.6. The Hall–Kier alpha value is -7.77. The van der Waals surface area contributed by atoms with Crippen LogP contribution in [-0.2, 0) is 68.8 Å². The summed E-state index contributed by atoms with van der Waals surface area (Å²) in [5.41, 5.74) is 28.0. The van der Waals surface area contributed by atoms with Gasteiger partial charge < -0.3 is 80.9 Å². The molecule has 3 aromatic carbocycles. The summed E-state index contributed by atoms with van der Waals surface area (Å²) in [6, 6.07) is 12.9. The summed E-state index contributed by atoms with van der Waals surface area (Å²) in [6.45, 7) is 1.44. The van der Waals surface area contributed by atoms with Gasteiger partial charge >= 0.3 is 0 Å². The molecule has 0 spiro atoms. The van der Waals surface area contributed by atoms with Gasteiger partial charge in [0.05, 0.1) is 12.5 Å². The van der Waals surface area contributed by atoms with Gasteiger partial charge in [0.15, 0.2) is 0 Å². The maximum absolute atomic E-state index is 14.9. The van der Waals surface area contributed by atoms with E-state index in [0.29, 0.717) is 36.8 Å². The molecule has 462 valence electrons. The maximum Gasteiger partial charge on any atom is 0.243 e. The van der Waals surface area contributed by atoms with E-state index in [1.165, 1.54) is 0 Å². The minimum atomic E-state index is -1.51. The van der Waals surface area contributed by atoms with Crippen LogP contribution in [0.4, 0.5) is 0 Å². The van der Waals surface area contributed by atoms with Gasteiger partial charge in [-0.25, -0.2) is 0 Å². The molecule has 6 rings (SSSR count). The Bertz CT molecular complexity index is 2850. The lowest BCUT2D eigenvalue weighted by Crippen LogP contribution is -2.62. The Morgan fingerprint density at radius 1 is 0.588 bits per heavy atom. The fourth-order valence-electron chi connectivity index (χ4n) is 10.9. The first kappa shape index (κ1) is 66.4. The minimum Gasteiger partial charge on any atom is -0.393 e. The van der Waals surface area contributed by atoms with Crippen LogP contribution < -0.4 is 70.8 Å². The van der Waals surface area contributed by atoms with E-state index in [4.69, 9.17) is 22.9 Å². The molecule has 0 radical (unpaired) electrons. The van der Waals surface area contributed by atoms with Crippen LogP contribution in [0.25, 0.3) is 10.9 Å². The second-order valence-corrected chi connectivity index (χ2v) is 22.1. The van der Waals surface area contributed by atoms with Crippen LogP contribution in [0.1, 0.15) is 106 Å². The van der Waals surface area contributed by atoms with Gasteiger partial charge in [-0.3, -0.25) is 43.2 Å². The lowest BCUT2D eigenvalue weighted by molar-refractivity contribution is -0.136. The van der Waals surface area contributed by atoms with E-state index < -0.39 is 114 Å². The zero-order chi connectivity index (χ0) is 61.3. The third-order valence-corrected chi connectivity index (χ3v) is 15.6. The van der Waals surface area contributed by atoms with Crippen molar-refractivity contribution in [3.63, 3.8) is 0 Å². The van der Waals surface area contributed by atoms with Gasteiger partial charge in [-0.15, -0.1) is 0 Å². The molecule has 1 saturated heterocycles. The monoisotopic (exact) mass is 1180 g/mol. The highest BCUT2D eigenvalue weighted by atomic mass is 16.3. The molecule has 2 aliphatic rings. The Morgan fingerprint density at radius 3 is 1.74 bits per heavy atom. The van der Waals surface area contributed by atoms with Gasteiger partial charge in [-0.1, -0.05) is 112 Å². The average Bonchev–Trinajstić information content (AvgIpc) is 3.61. The van der Waals surface area contributed by atoms with Crippen molar-refractivity contribution < 1.29 is 48.3 Å². The molecule has 19 N–H and O–H groups in total. The number of unbranched alkanes of at least 4 members (excludes halogenated alkanes) is 4. The van der Waals surface area contributed by atoms with Gasteiger partial charge in [0.25, 0.3) is 0 Å². The fraction of sp³-hybridized carbons (Fsp3) is 0.525. The van der Waals surface area contributed by atoms with E-state index in [1.807, 2.05) is 48.5 Å². The molecular weight excluding hydrogens is 1090 g/mol. The Kier molecular flexibility index (Phi) is 26.7. The molecule has 2 heterocycles. The van der Waals surface area contributed by atoms with Crippen molar-refractivity contribution in [3.05, 3.63) is 107 Å². The molecule has 4 aromatic rings. The number of amides is 9. The number of nitrogens with one attached hydrogen (secondary N) is 10. The largest absolute Gasteiger partial charge is 0.393 e. The number of fused-ring (bicyclic) bond motifs is 2. The second-order valence-electron chi connectivity index (χ2n) is 22.1. The lowest BCUT2D eigenvalue weighted by atomic mass is 9.94. The number of nitrogens with two attached hydrogens (primary N) is 4. The van der Waals surface area contributed by atoms with E-state index in [1.54, 1.807) is 36.5 Å². The number of aliphatic hydroxyl groups is 1. The number of benzene rings is 3. The normalized spacial score (nSPS) is 22.3. The van der Waals surface area contributed by atoms with Gasteiger partial charge in [0.1, 0.15) is 48.3 Å². The van der Waals surface area contributed by atoms with E-state index in [0.717, 1.165) is 47.7 Å². The van der Waals surface area contributed by atoms with Crippen LogP contribution in [0.15, 0.2) is 85.1 Å². The molecule has 1 fully saturated rings. The van der Waals surface area contributed by atoms with Crippen molar-refractivity contribution in [2.75, 3.05) is 32.7 Å². The van der Waals surface area contributed by atoms with E-state index in [-0.39, 0.29) is 84.1 Å². The number of rotatable bonds is 24. The molecule has 85 heavy (non-hydrogen) atoms. The SMILES string of the molecule is CCCCCCC[C@@H](O)CC(=O)N[C@H](CCN)C(=O)N[C@H]1CCNC(=O)[C@H](Cc2c[nH]c3ccccc23)NC(=O)[C@H](CCN)NC(=O)[C@H](CCN)NC(=O)C(C2Cc3ccccc3C2)NC(=O)[C@@H](Cc2ccccc2)NC(=O)[C@H](CCN)NC1=O. The van der Waals surface area contributed by atoms with Crippen molar-refractivity contribution >= 4 is 64.1 Å². The summed E-state index contributed by atoms with van der Waals surface area (Å²) < 4.78 is 0. The Morgan fingerprint density at radius 2 is 1.13 bits per heavy atom. The number of aromatic amines is 1. The van der Waals surface area contributed by atoms with Crippen LogP contribution >= 0.6 is 0 Å². The molecule has 9 atom stereocenters. The van der Waals surface area contributed by atoms with Crippen molar-refractivity contribution in [2.24, 2.45) is 28.9 Å². The summed E-state index contributed by atoms with van der Waals surface area (Å²) in [4.78, 5) is 133. The van der Waals surface area contributed by atoms with Crippen LogP contribution in [-0.4, -0.2) is 150 Å². The maximum atomic E-state index is 14.9. The van der Waals surface area contributed by atoms with E-state index >= 15 is 0 Å². The fourth-order valence-corrected chi connectivity index (χ4v) is 10.9. The third-order valence-electron chi connectivity index (χ3n) is 15.6. The number of carbonyl (C=O) groups is 9. The molecule has 24 nitrogen and oxygen atoms in total. The van der Waals surface area contributed by atoms with Gasteiger partial charge in [0.2, 0.25) is 53.2 Å². The van der Waals surface area contributed by atoms with Crippen LogP contribution in [0.3, 0.4) is 0 Å². The summed E-state index contributed by atoms with van der Waals surface area (Å²) in [7, 11) is 0. The smallest absolute Gasteiger partial charge is 0.243 e. The predicted octanol–water partition coefficient (Wildman–Crippen LogP) is -0.727. The van der Waals surface area contributed by atoms with Crippen LogP contribution in [0.2, 0.25) is 0 Å².